The van der Waals surface area contributed by atoms with Crippen molar-refractivity contribution >= 4 is 23.0 Å². The molecule has 0 unspecified atom stereocenters. The molecule has 0 bridgehead atoms. The van der Waals surface area contributed by atoms with Crippen molar-refractivity contribution in [2.75, 3.05) is 5.43 Å². The number of nitrogens with one attached hydrogen (secondary N) is 1. The number of halogens is 2. The summed E-state index contributed by atoms with van der Waals surface area (Å²) in [5.41, 5.74) is 2.97. The number of hydrogen-bond acceptors (Lipinski definition) is 5. The quantitative estimate of drug-likeness (QED) is 0.502. The van der Waals surface area contributed by atoms with E-state index in [9.17, 15) is 14.5 Å². The summed E-state index contributed by atoms with van der Waals surface area (Å²) in [5.74, 6) is 5.10. The molecule has 0 spiro atoms. The number of hydrazine groups is 1. The second-order valence-electron chi connectivity index (χ2n) is 4.12. The lowest BCUT2D eigenvalue weighted by Crippen LogP contribution is -2.09. The fourth-order valence-corrected chi connectivity index (χ4v) is 1.85. The lowest BCUT2D eigenvalue weighted by Gasteiger charge is -2.08. The fraction of sp³-hybridized carbons (Fsp3) is 0.0769. The standard InChI is InChI=1S/C13H11ClFN3O3/c14-10-6-9(2-3-11(10)15)21-7-8-1-4-13(18(19)20)12(5-8)17-16/h1-6,17H,7,16H2. The SMILES string of the molecule is NNc1cc(COc2ccc(F)c(Cl)c2)ccc1[N+](=O)[O-]. The Morgan fingerprint density at radius 3 is 2.71 bits per heavy atom. The van der Waals surface area contributed by atoms with Crippen LogP contribution in [-0.4, -0.2) is 4.92 Å². The van der Waals surface area contributed by atoms with Crippen molar-refractivity contribution in [1.82, 2.24) is 0 Å². The highest BCUT2D eigenvalue weighted by molar-refractivity contribution is 6.30. The van der Waals surface area contributed by atoms with Gasteiger partial charge in [-0.05, 0) is 29.8 Å². The Hall–Kier alpha value is -2.38. The molecular weight excluding hydrogens is 301 g/mol. The van der Waals surface area contributed by atoms with Gasteiger partial charge in [0.2, 0.25) is 0 Å². The molecule has 0 amide bonds. The topological polar surface area (TPSA) is 90.4 Å². The lowest BCUT2D eigenvalue weighted by molar-refractivity contribution is -0.384. The van der Waals surface area contributed by atoms with E-state index >= 15 is 0 Å². The van der Waals surface area contributed by atoms with Crippen molar-refractivity contribution in [3.8, 4) is 5.75 Å². The van der Waals surface area contributed by atoms with Gasteiger partial charge < -0.3 is 10.2 Å². The molecule has 0 aliphatic heterocycles. The van der Waals surface area contributed by atoms with Crippen LogP contribution in [0.5, 0.6) is 5.75 Å². The first-order valence-electron chi connectivity index (χ1n) is 5.83. The summed E-state index contributed by atoms with van der Waals surface area (Å²) in [6, 6.07) is 8.36. The molecule has 8 heteroatoms. The molecule has 0 heterocycles. The number of nitrogens with two attached hydrogens (primary N) is 1. The van der Waals surface area contributed by atoms with Crippen LogP contribution in [-0.2, 0) is 6.61 Å². The predicted octanol–water partition coefficient (Wildman–Crippen LogP) is 3.25. The first kappa shape index (κ1) is 15.0. The van der Waals surface area contributed by atoms with Crippen LogP contribution in [0.4, 0.5) is 15.8 Å². The third kappa shape index (κ3) is 3.59. The minimum Gasteiger partial charge on any atom is -0.489 e. The van der Waals surface area contributed by atoms with Gasteiger partial charge >= 0.3 is 0 Å². The van der Waals surface area contributed by atoms with E-state index in [0.29, 0.717) is 11.3 Å². The maximum atomic E-state index is 13.0. The number of hydrogen-bond donors (Lipinski definition) is 2. The summed E-state index contributed by atoms with van der Waals surface area (Å²) in [6.45, 7) is 0.134. The van der Waals surface area contributed by atoms with Crippen molar-refractivity contribution in [2.45, 2.75) is 6.61 Å². The monoisotopic (exact) mass is 311 g/mol. The Morgan fingerprint density at radius 1 is 1.33 bits per heavy atom. The zero-order valence-corrected chi connectivity index (χ0v) is 11.4. The molecule has 0 aliphatic carbocycles. The third-order valence-electron chi connectivity index (χ3n) is 2.71. The number of benzene rings is 2. The van der Waals surface area contributed by atoms with Crippen LogP contribution in [0.25, 0.3) is 0 Å². The van der Waals surface area contributed by atoms with Gasteiger partial charge in [0.15, 0.2) is 0 Å². The van der Waals surface area contributed by atoms with Crippen LogP contribution in [0.1, 0.15) is 5.56 Å². The van der Waals surface area contributed by atoms with Crippen LogP contribution in [0.2, 0.25) is 5.02 Å². The molecule has 3 N–H and O–H groups in total. The normalized spacial score (nSPS) is 10.2. The highest BCUT2D eigenvalue weighted by Crippen LogP contribution is 2.26. The van der Waals surface area contributed by atoms with Gasteiger partial charge in [-0.2, -0.15) is 0 Å². The second-order valence-corrected chi connectivity index (χ2v) is 4.52. The van der Waals surface area contributed by atoms with Gasteiger partial charge in [0.25, 0.3) is 5.69 Å². The van der Waals surface area contributed by atoms with Crippen LogP contribution in [0, 0.1) is 15.9 Å². The van der Waals surface area contributed by atoms with Crippen LogP contribution in [0.3, 0.4) is 0 Å². The van der Waals surface area contributed by atoms with Crippen molar-refractivity contribution in [2.24, 2.45) is 5.84 Å². The zero-order chi connectivity index (χ0) is 15.4. The number of rotatable bonds is 5. The molecule has 0 saturated carbocycles. The fourth-order valence-electron chi connectivity index (χ4n) is 1.68. The Morgan fingerprint density at radius 2 is 2.10 bits per heavy atom. The lowest BCUT2D eigenvalue weighted by atomic mass is 10.2. The minimum atomic E-state index is -0.542. The molecule has 0 fully saturated rings. The van der Waals surface area contributed by atoms with E-state index in [2.05, 4.69) is 5.43 Å². The molecule has 0 aliphatic rings. The molecular formula is C13H11ClFN3O3. The summed E-state index contributed by atoms with van der Waals surface area (Å²) in [5, 5.41) is 10.7. The molecule has 110 valence electrons. The average molecular weight is 312 g/mol. The van der Waals surface area contributed by atoms with E-state index in [-0.39, 0.29) is 23.0 Å². The van der Waals surface area contributed by atoms with Gasteiger partial charge in [-0.1, -0.05) is 11.6 Å². The Bertz CT molecular complexity index is 682. The summed E-state index contributed by atoms with van der Waals surface area (Å²) >= 11 is 5.64. The van der Waals surface area contributed by atoms with Crippen molar-refractivity contribution in [1.29, 1.82) is 0 Å². The van der Waals surface area contributed by atoms with Crippen LogP contribution < -0.4 is 16.0 Å². The smallest absolute Gasteiger partial charge is 0.293 e. The van der Waals surface area contributed by atoms with Crippen molar-refractivity contribution in [3.05, 3.63) is 62.9 Å². The van der Waals surface area contributed by atoms with E-state index in [1.165, 1.54) is 30.3 Å². The van der Waals surface area contributed by atoms with Crippen LogP contribution in [0.15, 0.2) is 36.4 Å². The van der Waals surface area contributed by atoms with Gasteiger partial charge in [0.05, 0.1) is 9.95 Å². The van der Waals surface area contributed by atoms with E-state index in [0.717, 1.165) is 0 Å². The van der Waals surface area contributed by atoms with E-state index in [1.807, 2.05) is 0 Å². The molecule has 0 radical (unpaired) electrons. The van der Waals surface area contributed by atoms with Gasteiger partial charge in [-0.3, -0.25) is 16.0 Å². The van der Waals surface area contributed by atoms with E-state index in [1.54, 1.807) is 6.07 Å². The molecule has 0 atom stereocenters. The maximum absolute atomic E-state index is 13.0. The first-order valence-corrected chi connectivity index (χ1v) is 6.21. The highest BCUT2D eigenvalue weighted by Gasteiger charge is 2.13. The predicted molar refractivity (Wildman–Crippen MR) is 76.6 cm³/mol. The summed E-state index contributed by atoms with van der Waals surface area (Å²) in [7, 11) is 0. The Kier molecular flexibility index (Phi) is 4.56. The Labute approximate surface area is 124 Å². The highest BCUT2D eigenvalue weighted by atomic mass is 35.5. The summed E-state index contributed by atoms with van der Waals surface area (Å²) in [6.07, 6.45) is 0. The zero-order valence-electron chi connectivity index (χ0n) is 10.7. The number of ether oxygens (including phenoxy) is 1. The average Bonchev–Trinajstić information content (AvgIpc) is 2.48. The molecule has 2 aromatic carbocycles. The third-order valence-corrected chi connectivity index (χ3v) is 3.00. The van der Waals surface area contributed by atoms with Gasteiger partial charge in [0, 0.05) is 12.1 Å². The van der Waals surface area contributed by atoms with E-state index < -0.39 is 10.7 Å². The number of nitro groups is 1. The molecule has 0 aromatic heterocycles. The molecule has 6 nitrogen and oxygen atoms in total. The van der Waals surface area contributed by atoms with Gasteiger partial charge in [-0.25, -0.2) is 4.39 Å². The molecule has 21 heavy (non-hydrogen) atoms. The molecule has 2 aromatic rings. The van der Waals surface area contributed by atoms with Crippen molar-refractivity contribution in [3.63, 3.8) is 0 Å². The molecule has 0 saturated heterocycles. The van der Waals surface area contributed by atoms with Gasteiger partial charge in [-0.15, -0.1) is 0 Å². The van der Waals surface area contributed by atoms with Crippen molar-refractivity contribution < 1.29 is 14.1 Å². The molecule has 2 rings (SSSR count). The van der Waals surface area contributed by atoms with E-state index in [4.69, 9.17) is 22.2 Å². The minimum absolute atomic E-state index is 0.0412. The number of nitro benzene ring substituents is 1. The van der Waals surface area contributed by atoms with Gasteiger partial charge in [0.1, 0.15) is 23.9 Å². The Balaban J connectivity index is 2.13. The maximum Gasteiger partial charge on any atom is 0.293 e. The number of anilines is 1. The first-order chi connectivity index (χ1) is 10.0. The summed E-state index contributed by atoms with van der Waals surface area (Å²) in [4.78, 5) is 10.2. The summed E-state index contributed by atoms with van der Waals surface area (Å²) < 4.78 is 18.4. The largest absolute Gasteiger partial charge is 0.489 e. The number of nitrogen functional groups attached to an aromatic ring is 1. The van der Waals surface area contributed by atoms with Crippen LogP contribution >= 0.6 is 11.6 Å². The second kappa shape index (κ2) is 6.38. The number of nitrogens with zero attached hydrogens (tertiary/aromatic N) is 1.